The molecule has 1 aliphatic rings. The van der Waals surface area contributed by atoms with E-state index in [9.17, 15) is 0 Å². The van der Waals surface area contributed by atoms with Crippen LogP contribution in [0.15, 0.2) is 115 Å². The molecule has 12 rings (SSSR count). The summed E-state index contributed by atoms with van der Waals surface area (Å²) in [7, 11) is 0. The van der Waals surface area contributed by atoms with E-state index in [1.807, 2.05) is 0 Å². The third-order valence-corrected chi connectivity index (χ3v) is 10.8. The first-order chi connectivity index (χ1) is 21.9. The van der Waals surface area contributed by atoms with Gasteiger partial charge in [-0.2, -0.15) is 0 Å². The van der Waals surface area contributed by atoms with Crippen LogP contribution in [0.25, 0.3) is 92.8 Å². The molecule has 0 amide bonds. The van der Waals surface area contributed by atoms with E-state index in [-0.39, 0.29) is 0 Å². The SMILES string of the molecule is c1ccc(-n2c3ccccc3c3c4c5cc6c(cc5n5c7c(c(cc32)c45)CCC7)c2cccc3c4ccccc4n6c32)cc1. The third kappa shape index (κ3) is 2.32. The highest BCUT2D eigenvalue weighted by Crippen LogP contribution is 2.49. The van der Waals surface area contributed by atoms with Crippen molar-refractivity contribution < 1.29 is 0 Å². The van der Waals surface area contributed by atoms with E-state index in [1.54, 1.807) is 5.56 Å². The summed E-state index contributed by atoms with van der Waals surface area (Å²) in [5.41, 5.74) is 13.5. The molecular formula is C41H25N3. The van der Waals surface area contributed by atoms with Crippen LogP contribution in [-0.2, 0) is 12.8 Å². The maximum atomic E-state index is 2.66. The first-order valence-corrected chi connectivity index (χ1v) is 15.8. The van der Waals surface area contributed by atoms with Crippen LogP contribution in [-0.4, -0.2) is 13.4 Å². The minimum atomic E-state index is 1.14. The van der Waals surface area contributed by atoms with Gasteiger partial charge in [-0.15, -0.1) is 0 Å². The molecule has 6 aromatic carbocycles. The van der Waals surface area contributed by atoms with Crippen molar-refractivity contribution in [1.82, 2.24) is 13.4 Å². The van der Waals surface area contributed by atoms with E-state index in [0.29, 0.717) is 0 Å². The average molecular weight is 560 g/mol. The van der Waals surface area contributed by atoms with Gasteiger partial charge in [-0.25, -0.2) is 0 Å². The zero-order chi connectivity index (χ0) is 28.3. The van der Waals surface area contributed by atoms with Crippen molar-refractivity contribution >= 4 is 87.1 Å². The Hall–Kier alpha value is -5.54. The predicted molar refractivity (Wildman–Crippen MR) is 185 cm³/mol. The van der Waals surface area contributed by atoms with Gasteiger partial charge in [0.25, 0.3) is 0 Å². The first-order valence-electron chi connectivity index (χ1n) is 15.8. The zero-order valence-corrected chi connectivity index (χ0v) is 23.9. The number of benzene rings is 6. The fraction of sp³-hybridized carbons (Fsp3) is 0.0732. The molecule has 0 saturated heterocycles. The molecule has 0 spiro atoms. The molecule has 44 heavy (non-hydrogen) atoms. The molecule has 0 bridgehead atoms. The minimum absolute atomic E-state index is 1.14. The van der Waals surface area contributed by atoms with E-state index in [2.05, 4.69) is 129 Å². The van der Waals surface area contributed by atoms with Gasteiger partial charge in [0.2, 0.25) is 0 Å². The van der Waals surface area contributed by atoms with Crippen LogP contribution in [0, 0.1) is 0 Å². The predicted octanol–water partition coefficient (Wildman–Crippen LogP) is 10.4. The molecule has 0 fully saturated rings. The Morgan fingerprint density at radius 2 is 1.09 bits per heavy atom. The number of fused-ring (bicyclic) bond motifs is 16. The molecule has 0 radical (unpaired) electrons. The molecule has 0 N–H and O–H groups in total. The standard InChI is InChI=1S/C41H25N3/c1-2-10-23(11-3-1)42-34-18-7-5-13-28(34)38-37(42)21-30-25-14-9-19-33(25)44-36-20-29-27-16-8-15-26-24-12-4-6-17-32(24)43(40(26)27)35(29)22-31(36)39(38)41(30)44/h1-8,10-13,15-18,20-22H,9,14,19H2. The van der Waals surface area contributed by atoms with Crippen molar-refractivity contribution in [3.8, 4) is 5.69 Å². The average Bonchev–Trinajstić information content (AvgIpc) is 3.90. The van der Waals surface area contributed by atoms with Gasteiger partial charge in [0, 0.05) is 59.9 Å². The maximum Gasteiger partial charge on any atom is 0.0621 e. The summed E-state index contributed by atoms with van der Waals surface area (Å²) >= 11 is 0. The van der Waals surface area contributed by atoms with Gasteiger partial charge in [0.05, 0.1) is 38.6 Å². The summed E-state index contributed by atoms with van der Waals surface area (Å²) < 4.78 is 7.67. The number of aryl methyl sites for hydroxylation is 2. The second-order valence-corrected chi connectivity index (χ2v) is 12.8. The molecule has 3 nitrogen and oxygen atoms in total. The van der Waals surface area contributed by atoms with Crippen molar-refractivity contribution in [2.75, 3.05) is 0 Å². The van der Waals surface area contributed by atoms with Crippen LogP contribution in [0.5, 0.6) is 0 Å². The van der Waals surface area contributed by atoms with Gasteiger partial charge in [-0.05, 0) is 67.3 Å². The quantitative estimate of drug-likeness (QED) is 0.190. The van der Waals surface area contributed by atoms with Crippen LogP contribution in [0.2, 0.25) is 0 Å². The third-order valence-electron chi connectivity index (χ3n) is 10.8. The van der Waals surface area contributed by atoms with Gasteiger partial charge in [0.1, 0.15) is 0 Å². The number of rotatable bonds is 1. The number of aromatic nitrogens is 3. The van der Waals surface area contributed by atoms with E-state index < -0.39 is 0 Å². The molecule has 0 saturated carbocycles. The zero-order valence-electron chi connectivity index (χ0n) is 23.9. The molecule has 204 valence electrons. The second-order valence-electron chi connectivity index (χ2n) is 12.8. The van der Waals surface area contributed by atoms with Gasteiger partial charge < -0.3 is 13.4 Å². The Bertz CT molecular complexity index is 3000. The van der Waals surface area contributed by atoms with E-state index in [0.717, 1.165) is 12.8 Å². The van der Waals surface area contributed by atoms with Gasteiger partial charge in [0.15, 0.2) is 0 Å². The molecule has 3 heteroatoms. The van der Waals surface area contributed by atoms with Crippen molar-refractivity contribution in [2.24, 2.45) is 0 Å². The summed E-state index contributed by atoms with van der Waals surface area (Å²) in [6.07, 6.45) is 3.53. The lowest BCUT2D eigenvalue weighted by Gasteiger charge is -2.08. The first kappa shape index (κ1) is 22.1. The number of nitrogens with zero attached hydrogens (tertiary/aromatic N) is 3. The van der Waals surface area contributed by atoms with E-state index >= 15 is 0 Å². The fourth-order valence-corrected chi connectivity index (χ4v) is 9.21. The number of para-hydroxylation sites is 4. The molecule has 5 heterocycles. The smallest absolute Gasteiger partial charge is 0.0621 e. The maximum absolute atomic E-state index is 2.66. The largest absolute Gasteiger partial charge is 0.312 e. The monoisotopic (exact) mass is 559 g/mol. The molecule has 0 unspecified atom stereocenters. The topological polar surface area (TPSA) is 13.8 Å². The summed E-state index contributed by atoms with van der Waals surface area (Å²) in [5, 5.41) is 12.2. The van der Waals surface area contributed by atoms with Crippen LogP contribution in [0.1, 0.15) is 17.7 Å². The Kier molecular flexibility index (Phi) is 3.67. The summed E-state index contributed by atoms with van der Waals surface area (Å²) in [6, 6.07) is 43.2. The van der Waals surface area contributed by atoms with Crippen LogP contribution in [0.4, 0.5) is 0 Å². The van der Waals surface area contributed by atoms with Crippen LogP contribution in [0.3, 0.4) is 0 Å². The van der Waals surface area contributed by atoms with Crippen molar-refractivity contribution in [3.63, 3.8) is 0 Å². The minimum Gasteiger partial charge on any atom is -0.312 e. The second kappa shape index (κ2) is 7.32. The Morgan fingerprint density at radius 3 is 1.98 bits per heavy atom. The van der Waals surface area contributed by atoms with Crippen molar-refractivity contribution in [3.05, 3.63) is 127 Å². The summed E-state index contributed by atoms with van der Waals surface area (Å²) in [6.45, 7) is 0. The van der Waals surface area contributed by atoms with E-state index in [1.165, 1.54) is 105 Å². The highest BCUT2D eigenvalue weighted by atomic mass is 15.0. The lowest BCUT2D eigenvalue weighted by molar-refractivity contribution is 0.890. The molecule has 1 aliphatic carbocycles. The Morgan fingerprint density at radius 1 is 0.409 bits per heavy atom. The lowest BCUT2D eigenvalue weighted by Crippen LogP contribution is -1.93. The molecule has 0 aliphatic heterocycles. The van der Waals surface area contributed by atoms with Gasteiger partial charge in [-0.1, -0.05) is 72.8 Å². The van der Waals surface area contributed by atoms with Crippen LogP contribution < -0.4 is 0 Å². The molecule has 5 aromatic heterocycles. The lowest BCUT2D eigenvalue weighted by atomic mass is 10.0. The van der Waals surface area contributed by atoms with Crippen molar-refractivity contribution in [2.45, 2.75) is 19.3 Å². The Balaban J connectivity index is 1.39. The number of hydrogen-bond acceptors (Lipinski definition) is 0. The van der Waals surface area contributed by atoms with Crippen LogP contribution >= 0.6 is 0 Å². The van der Waals surface area contributed by atoms with E-state index in [4.69, 9.17) is 0 Å². The van der Waals surface area contributed by atoms with Gasteiger partial charge in [-0.3, -0.25) is 0 Å². The summed E-state index contributed by atoms with van der Waals surface area (Å²) in [5.74, 6) is 0. The molecule has 11 aromatic rings. The fourth-order valence-electron chi connectivity index (χ4n) is 9.21. The highest BCUT2D eigenvalue weighted by Gasteiger charge is 2.29. The molecule has 0 atom stereocenters. The summed E-state index contributed by atoms with van der Waals surface area (Å²) in [4.78, 5) is 0. The Labute approximate surface area is 251 Å². The molecular weight excluding hydrogens is 534 g/mol. The highest BCUT2D eigenvalue weighted by molar-refractivity contribution is 6.34. The number of hydrogen-bond donors (Lipinski definition) is 0. The van der Waals surface area contributed by atoms with Crippen molar-refractivity contribution in [1.29, 1.82) is 0 Å². The normalized spacial score (nSPS) is 14.1. The van der Waals surface area contributed by atoms with Gasteiger partial charge >= 0.3 is 0 Å².